The molecule has 104 valence electrons. The zero-order valence-corrected chi connectivity index (χ0v) is 12.0. The van der Waals surface area contributed by atoms with E-state index in [2.05, 4.69) is 29.6 Å². The predicted octanol–water partition coefficient (Wildman–Crippen LogP) is 2.08. The maximum absolute atomic E-state index is 12.7. The van der Waals surface area contributed by atoms with Crippen molar-refractivity contribution in [2.75, 3.05) is 27.2 Å². The van der Waals surface area contributed by atoms with Gasteiger partial charge in [-0.05, 0) is 31.9 Å². The van der Waals surface area contributed by atoms with Crippen LogP contribution in [0.1, 0.15) is 24.8 Å². The molecule has 0 heterocycles. The molecule has 0 saturated heterocycles. The number of benzene rings is 1. The Morgan fingerprint density at radius 2 is 2.00 bits per heavy atom. The van der Waals surface area contributed by atoms with Crippen LogP contribution < -0.4 is 5.32 Å². The second-order valence-electron chi connectivity index (χ2n) is 5.63. The van der Waals surface area contributed by atoms with Gasteiger partial charge < -0.3 is 10.2 Å². The molecule has 0 bridgehead atoms. The first kappa shape index (κ1) is 14.1. The van der Waals surface area contributed by atoms with Gasteiger partial charge in [0.25, 0.3) is 0 Å². The largest absolute Gasteiger partial charge is 0.344 e. The highest BCUT2D eigenvalue weighted by atomic mass is 16.2. The van der Waals surface area contributed by atoms with Crippen molar-refractivity contribution in [1.29, 1.82) is 0 Å². The predicted molar refractivity (Wildman–Crippen MR) is 78.0 cm³/mol. The van der Waals surface area contributed by atoms with Crippen LogP contribution in [0.15, 0.2) is 30.3 Å². The third kappa shape index (κ3) is 3.16. The van der Waals surface area contributed by atoms with E-state index in [-0.39, 0.29) is 5.41 Å². The van der Waals surface area contributed by atoms with Gasteiger partial charge in [0.2, 0.25) is 5.91 Å². The zero-order valence-electron chi connectivity index (χ0n) is 12.0. The fourth-order valence-electron chi connectivity index (χ4n) is 2.84. The minimum absolute atomic E-state index is 0.135. The highest BCUT2D eigenvalue weighted by molar-refractivity contribution is 5.83. The summed E-state index contributed by atoms with van der Waals surface area (Å²) in [6, 6.07) is 10.4. The highest BCUT2D eigenvalue weighted by Crippen LogP contribution is 2.45. The van der Waals surface area contributed by atoms with E-state index in [1.54, 1.807) is 0 Å². The molecule has 1 N–H and O–H groups in total. The van der Waals surface area contributed by atoms with Crippen LogP contribution in [-0.4, -0.2) is 38.0 Å². The summed E-state index contributed by atoms with van der Waals surface area (Å²) in [5.41, 5.74) is 1.14. The quantitative estimate of drug-likeness (QED) is 0.849. The Bertz CT molecular complexity index is 412. The van der Waals surface area contributed by atoms with E-state index in [1.807, 2.05) is 25.1 Å². The number of nitrogens with one attached hydrogen (secondary N) is 1. The minimum atomic E-state index is -0.135. The standard InChI is InChI=1S/C16H24N2O/c1-17-11-12-18(2)15(19)16(9-6-10-16)13-14-7-4-3-5-8-14/h3-5,7-8,17H,6,9-13H2,1-2H3. The van der Waals surface area contributed by atoms with Crippen molar-refractivity contribution >= 4 is 5.91 Å². The summed E-state index contributed by atoms with van der Waals surface area (Å²) < 4.78 is 0. The zero-order chi connectivity index (χ0) is 13.7. The second-order valence-corrected chi connectivity index (χ2v) is 5.63. The van der Waals surface area contributed by atoms with Crippen LogP contribution in [0.2, 0.25) is 0 Å². The number of hydrogen-bond acceptors (Lipinski definition) is 2. The molecule has 0 unspecified atom stereocenters. The van der Waals surface area contributed by atoms with Crippen molar-refractivity contribution in [3.63, 3.8) is 0 Å². The van der Waals surface area contributed by atoms with Crippen molar-refractivity contribution < 1.29 is 4.79 Å². The molecule has 1 aromatic carbocycles. The van der Waals surface area contributed by atoms with E-state index < -0.39 is 0 Å². The number of carbonyl (C=O) groups excluding carboxylic acids is 1. The van der Waals surface area contributed by atoms with Crippen LogP contribution in [0.25, 0.3) is 0 Å². The van der Waals surface area contributed by atoms with E-state index in [1.165, 1.54) is 12.0 Å². The normalized spacial score (nSPS) is 16.7. The van der Waals surface area contributed by atoms with Crippen LogP contribution in [0, 0.1) is 5.41 Å². The Kier molecular flexibility index (Phi) is 4.59. The first-order valence-electron chi connectivity index (χ1n) is 7.12. The molecule has 0 atom stereocenters. The fraction of sp³-hybridized carbons (Fsp3) is 0.562. The minimum Gasteiger partial charge on any atom is -0.344 e. The molecule has 0 spiro atoms. The molecular weight excluding hydrogens is 236 g/mol. The number of hydrogen-bond donors (Lipinski definition) is 1. The van der Waals surface area contributed by atoms with Crippen molar-refractivity contribution in [2.45, 2.75) is 25.7 Å². The molecule has 0 radical (unpaired) electrons. The van der Waals surface area contributed by atoms with E-state index in [0.717, 1.165) is 32.4 Å². The van der Waals surface area contributed by atoms with Gasteiger partial charge in [-0.3, -0.25) is 4.79 Å². The number of likely N-dealkylation sites (N-methyl/N-ethyl adjacent to an activating group) is 2. The van der Waals surface area contributed by atoms with Gasteiger partial charge in [0.15, 0.2) is 0 Å². The van der Waals surface area contributed by atoms with Gasteiger partial charge in [-0.25, -0.2) is 0 Å². The smallest absolute Gasteiger partial charge is 0.228 e. The van der Waals surface area contributed by atoms with Gasteiger partial charge in [0, 0.05) is 20.1 Å². The van der Waals surface area contributed by atoms with E-state index >= 15 is 0 Å². The maximum Gasteiger partial charge on any atom is 0.228 e. The van der Waals surface area contributed by atoms with E-state index in [4.69, 9.17) is 0 Å². The van der Waals surface area contributed by atoms with Gasteiger partial charge in [-0.2, -0.15) is 0 Å². The molecule has 3 nitrogen and oxygen atoms in total. The lowest BCUT2D eigenvalue weighted by Gasteiger charge is -2.43. The lowest BCUT2D eigenvalue weighted by atomic mass is 9.64. The molecular formula is C16H24N2O. The van der Waals surface area contributed by atoms with E-state index in [9.17, 15) is 4.79 Å². The highest BCUT2D eigenvalue weighted by Gasteiger charge is 2.45. The fourth-order valence-corrected chi connectivity index (χ4v) is 2.84. The molecule has 19 heavy (non-hydrogen) atoms. The second kappa shape index (κ2) is 6.20. The molecule has 1 aliphatic rings. The lowest BCUT2D eigenvalue weighted by Crippen LogP contribution is -2.49. The molecule has 1 amide bonds. The average molecular weight is 260 g/mol. The molecule has 1 saturated carbocycles. The Morgan fingerprint density at radius 3 is 2.53 bits per heavy atom. The van der Waals surface area contributed by atoms with Gasteiger partial charge in [-0.15, -0.1) is 0 Å². The monoisotopic (exact) mass is 260 g/mol. The third-order valence-corrected chi connectivity index (χ3v) is 4.19. The first-order valence-corrected chi connectivity index (χ1v) is 7.12. The summed E-state index contributed by atoms with van der Waals surface area (Å²) >= 11 is 0. The average Bonchev–Trinajstić information content (AvgIpc) is 2.40. The summed E-state index contributed by atoms with van der Waals surface area (Å²) in [6.45, 7) is 1.63. The van der Waals surface area contributed by atoms with Crippen LogP contribution in [0.4, 0.5) is 0 Å². The van der Waals surface area contributed by atoms with Crippen LogP contribution in [-0.2, 0) is 11.2 Å². The van der Waals surface area contributed by atoms with Gasteiger partial charge in [0.05, 0.1) is 5.41 Å². The van der Waals surface area contributed by atoms with Crippen LogP contribution in [0.3, 0.4) is 0 Å². The Balaban J connectivity index is 2.03. The molecule has 0 aliphatic heterocycles. The topological polar surface area (TPSA) is 32.3 Å². The first-order chi connectivity index (χ1) is 9.18. The molecule has 0 aromatic heterocycles. The summed E-state index contributed by atoms with van der Waals surface area (Å²) in [5, 5.41) is 3.10. The van der Waals surface area contributed by atoms with Crippen molar-refractivity contribution in [3.8, 4) is 0 Å². The molecule has 3 heteroatoms. The third-order valence-electron chi connectivity index (χ3n) is 4.19. The molecule has 2 rings (SSSR count). The lowest BCUT2D eigenvalue weighted by molar-refractivity contribution is -0.146. The van der Waals surface area contributed by atoms with Crippen molar-refractivity contribution in [3.05, 3.63) is 35.9 Å². The number of amides is 1. The number of rotatable bonds is 6. The summed E-state index contributed by atoms with van der Waals surface area (Å²) in [5.74, 6) is 0.317. The maximum atomic E-state index is 12.7. The Morgan fingerprint density at radius 1 is 1.32 bits per heavy atom. The van der Waals surface area contributed by atoms with Gasteiger partial charge >= 0.3 is 0 Å². The van der Waals surface area contributed by atoms with Crippen LogP contribution in [0.5, 0.6) is 0 Å². The SMILES string of the molecule is CNCCN(C)C(=O)C1(Cc2ccccc2)CCC1. The molecule has 1 aliphatic carbocycles. The van der Waals surface area contributed by atoms with Gasteiger partial charge in [0.1, 0.15) is 0 Å². The molecule has 1 aromatic rings. The number of carbonyl (C=O) groups is 1. The molecule has 1 fully saturated rings. The van der Waals surface area contributed by atoms with E-state index in [0.29, 0.717) is 5.91 Å². The summed E-state index contributed by atoms with van der Waals surface area (Å²) in [7, 11) is 3.84. The van der Waals surface area contributed by atoms with Crippen molar-refractivity contribution in [1.82, 2.24) is 10.2 Å². The van der Waals surface area contributed by atoms with Gasteiger partial charge in [-0.1, -0.05) is 36.8 Å². The van der Waals surface area contributed by atoms with Crippen molar-refractivity contribution in [2.24, 2.45) is 5.41 Å². The summed E-state index contributed by atoms with van der Waals surface area (Å²) in [4.78, 5) is 14.5. The Hall–Kier alpha value is -1.35. The van der Waals surface area contributed by atoms with Crippen LogP contribution >= 0.6 is 0 Å². The Labute approximate surface area is 116 Å². The number of nitrogens with zero attached hydrogens (tertiary/aromatic N) is 1. The summed E-state index contributed by atoms with van der Waals surface area (Å²) in [6.07, 6.45) is 4.13.